The molecule has 0 aromatic rings. The topological polar surface area (TPSA) is 17.1 Å². The minimum absolute atomic E-state index is 0.111. The van der Waals surface area contributed by atoms with E-state index < -0.39 is 0 Å². The Hall–Kier alpha value is -0.370. The van der Waals surface area contributed by atoms with Gasteiger partial charge in [0.2, 0.25) is 0 Å². The van der Waals surface area contributed by atoms with Crippen molar-refractivity contribution in [3.63, 3.8) is 0 Å². The largest absolute Gasteiger partial charge is 0.294 e. The predicted molar refractivity (Wildman–Crippen MR) is 70.6 cm³/mol. The molecule has 1 nitrogen and oxygen atoms in total. The molecular weight excluding hydrogens is 264 g/mol. The van der Waals surface area contributed by atoms with Crippen LogP contribution in [0.1, 0.15) is 33.6 Å². The van der Waals surface area contributed by atoms with Gasteiger partial charge in [0.1, 0.15) is 0 Å². The van der Waals surface area contributed by atoms with Crippen molar-refractivity contribution in [3.05, 3.63) is 23.8 Å². The van der Waals surface area contributed by atoms with Crippen molar-refractivity contribution >= 4 is 21.7 Å². The maximum absolute atomic E-state index is 12.4. The summed E-state index contributed by atoms with van der Waals surface area (Å²) in [7, 11) is 0. The molecule has 0 saturated carbocycles. The quantitative estimate of drug-likeness (QED) is 0.527. The van der Waals surface area contributed by atoms with Gasteiger partial charge in [-0.25, -0.2) is 0 Å². The molecule has 0 aromatic heterocycles. The number of rotatable bonds is 1. The molecule has 2 heteroatoms. The second-order valence-corrected chi connectivity index (χ2v) is 6.23. The lowest BCUT2D eigenvalue weighted by molar-refractivity contribution is -0.130. The van der Waals surface area contributed by atoms with Crippen LogP contribution in [-0.4, -0.2) is 11.1 Å². The molecule has 88 valence electrons. The Morgan fingerprint density at radius 2 is 2.19 bits per heavy atom. The van der Waals surface area contributed by atoms with E-state index >= 15 is 0 Å². The van der Waals surface area contributed by atoms with Crippen LogP contribution < -0.4 is 0 Å². The monoisotopic (exact) mass is 282 g/mol. The first kappa shape index (κ1) is 12.1. The summed E-state index contributed by atoms with van der Waals surface area (Å²) in [6, 6.07) is 0. The highest BCUT2D eigenvalue weighted by Crippen LogP contribution is 2.53. The number of carbonyl (C=O) groups excluding carboxylic acids is 1. The zero-order valence-electron chi connectivity index (χ0n) is 10.2. The standard InChI is InChI=1S/C14H19BrO/c1-10-5-6-11-13(2,9-15)7-4-8-14(11,3)12(10)16/h4-5,7,11H,6,8-9H2,1-3H3/t11-,13-,14-/m0/s1. The van der Waals surface area contributed by atoms with Gasteiger partial charge in [-0.15, -0.1) is 0 Å². The third-order valence-corrected chi connectivity index (χ3v) is 5.64. The smallest absolute Gasteiger partial charge is 0.164 e. The minimum atomic E-state index is -0.184. The molecule has 3 atom stereocenters. The van der Waals surface area contributed by atoms with E-state index in [2.05, 4.69) is 48.0 Å². The van der Waals surface area contributed by atoms with Crippen molar-refractivity contribution in [2.45, 2.75) is 33.6 Å². The number of allylic oxidation sites excluding steroid dienone is 4. The average Bonchev–Trinajstić information content (AvgIpc) is 2.25. The van der Waals surface area contributed by atoms with Gasteiger partial charge in [-0.05, 0) is 36.7 Å². The fraction of sp³-hybridized carbons (Fsp3) is 0.643. The second-order valence-electron chi connectivity index (χ2n) is 5.67. The van der Waals surface area contributed by atoms with Crippen molar-refractivity contribution < 1.29 is 4.79 Å². The molecule has 0 radical (unpaired) electrons. The summed E-state index contributed by atoms with van der Waals surface area (Å²) >= 11 is 3.61. The van der Waals surface area contributed by atoms with Crippen LogP contribution >= 0.6 is 15.9 Å². The van der Waals surface area contributed by atoms with Crippen molar-refractivity contribution in [3.8, 4) is 0 Å². The van der Waals surface area contributed by atoms with E-state index in [1.807, 2.05) is 6.92 Å². The maximum atomic E-state index is 12.4. The normalized spacial score (nSPS) is 42.9. The summed E-state index contributed by atoms with van der Waals surface area (Å²) in [6.07, 6.45) is 8.52. The lowest BCUT2D eigenvalue weighted by Crippen LogP contribution is -2.48. The number of carbonyl (C=O) groups is 1. The minimum Gasteiger partial charge on any atom is -0.294 e. The molecule has 0 fully saturated rings. The van der Waals surface area contributed by atoms with Crippen molar-refractivity contribution in [2.24, 2.45) is 16.7 Å². The summed E-state index contributed by atoms with van der Waals surface area (Å²) in [4.78, 5) is 12.4. The maximum Gasteiger partial charge on any atom is 0.164 e. The fourth-order valence-corrected chi connectivity index (χ4v) is 3.89. The van der Waals surface area contributed by atoms with Gasteiger partial charge in [0.15, 0.2) is 5.78 Å². The molecule has 0 heterocycles. The zero-order valence-corrected chi connectivity index (χ0v) is 11.8. The summed E-state index contributed by atoms with van der Waals surface area (Å²) in [5, 5.41) is 0.928. The summed E-state index contributed by atoms with van der Waals surface area (Å²) < 4.78 is 0. The summed E-state index contributed by atoms with van der Waals surface area (Å²) in [5.74, 6) is 0.779. The molecular formula is C14H19BrO. The lowest BCUT2D eigenvalue weighted by Gasteiger charge is -2.49. The number of alkyl halides is 1. The Morgan fingerprint density at radius 3 is 2.81 bits per heavy atom. The molecule has 0 amide bonds. The molecule has 2 rings (SSSR count). The molecule has 2 aliphatic carbocycles. The van der Waals surface area contributed by atoms with Gasteiger partial charge in [-0.2, -0.15) is 0 Å². The van der Waals surface area contributed by atoms with Crippen molar-refractivity contribution in [1.82, 2.24) is 0 Å². The predicted octanol–water partition coefficient (Wildman–Crippen LogP) is 3.89. The first-order chi connectivity index (χ1) is 7.44. The zero-order chi connectivity index (χ0) is 12.0. The van der Waals surface area contributed by atoms with E-state index in [0.29, 0.717) is 11.7 Å². The molecule has 0 aliphatic heterocycles. The van der Waals surface area contributed by atoms with Crippen molar-refractivity contribution in [2.75, 3.05) is 5.33 Å². The highest BCUT2D eigenvalue weighted by atomic mass is 79.9. The Bertz CT molecular complexity index is 382. The van der Waals surface area contributed by atoms with Gasteiger partial charge >= 0.3 is 0 Å². The molecule has 2 aliphatic rings. The average molecular weight is 283 g/mol. The summed E-state index contributed by atoms with van der Waals surface area (Å²) in [5.41, 5.74) is 0.877. The van der Waals surface area contributed by atoms with E-state index in [4.69, 9.17) is 0 Å². The van der Waals surface area contributed by atoms with Crippen LogP contribution in [0.3, 0.4) is 0 Å². The number of ketones is 1. The third kappa shape index (κ3) is 1.54. The molecule has 0 unspecified atom stereocenters. The van der Waals surface area contributed by atoms with Crippen LogP contribution in [-0.2, 0) is 4.79 Å². The molecule has 0 bridgehead atoms. The van der Waals surface area contributed by atoms with Crippen LogP contribution in [0.5, 0.6) is 0 Å². The number of hydrogen-bond donors (Lipinski definition) is 0. The number of fused-ring (bicyclic) bond motifs is 1. The second kappa shape index (κ2) is 3.83. The van der Waals surface area contributed by atoms with E-state index in [0.717, 1.165) is 23.7 Å². The Labute approximate surface area is 106 Å². The molecule has 16 heavy (non-hydrogen) atoms. The molecule has 0 N–H and O–H groups in total. The van der Waals surface area contributed by atoms with Crippen LogP contribution in [0.15, 0.2) is 23.8 Å². The Kier molecular flexibility index (Phi) is 2.90. The van der Waals surface area contributed by atoms with Gasteiger partial charge in [0, 0.05) is 10.7 Å². The highest BCUT2D eigenvalue weighted by Gasteiger charge is 2.51. The third-order valence-electron chi connectivity index (χ3n) is 4.43. The van der Waals surface area contributed by atoms with E-state index in [9.17, 15) is 4.79 Å². The van der Waals surface area contributed by atoms with Gasteiger partial charge < -0.3 is 0 Å². The summed E-state index contributed by atoms with van der Waals surface area (Å²) in [6.45, 7) is 6.34. The van der Waals surface area contributed by atoms with Gasteiger partial charge in [0.05, 0.1) is 0 Å². The van der Waals surface area contributed by atoms with Crippen LogP contribution in [0.2, 0.25) is 0 Å². The van der Waals surface area contributed by atoms with E-state index in [1.54, 1.807) is 0 Å². The fourth-order valence-electron chi connectivity index (χ4n) is 3.31. The van der Waals surface area contributed by atoms with Gasteiger partial charge in [-0.1, -0.05) is 48.0 Å². The first-order valence-corrected chi connectivity index (χ1v) is 7.01. The van der Waals surface area contributed by atoms with Crippen LogP contribution in [0, 0.1) is 16.7 Å². The van der Waals surface area contributed by atoms with E-state index in [-0.39, 0.29) is 10.8 Å². The first-order valence-electron chi connectivity index (χ1n) is 5.89. The van der Waals surface area contributed by atoms with Crippen molar-refractivity contribution in [1.29, 1.82) is 0 Å². The number of halogens is 1. The number of hydrogen-bond acceptors (Lipinski definition) is 1. The number of Topliss-reactive ketones (excluding diaryl/α,β-unsaturated/α-hetero) is 1. The van der Waals surface area contributed by atoms with Crippen LogP contribution in [0.4, 0.5) is 0 Å². The van der Waals surface area contributed by atoms with Crippen LogP contribution in [0.25, 0.3) is 0 Å². The molecule has 0 saturated heterocycles. The van der Waals surface area contributed by atoms with E-state index in [1.165, 1.54) is 0 Å². The Morgan fingerprint density at radius 1 is 1.50 bits per heavy atom. The lowest BCUT2D eigenvalue weighted by atomic mass is 9.54. The van der Waals surface area contributed by atoms with Gasteiger partial charge in [-0.3, -0.25) is 4.79 Å². The SMILES string of the molecule is CC1=CC[C@H]2[C@](C)(CBr)C=CC[C@]2(C)C1=O. The van der Waals surface area contributed by atoms with Gasteiger partial charge in [0.25, 0.3) is 0 Å². The Balaban J connectivity index is 2.48. The highest BCUT2D eigenvalue weighted by molar-refractivity contribution is 9.09. The molecule has 0 spiro atoms. The molecule has 0 aromatic carbocycles.